The smallest absolute Gasteiger partial charge is 0.251 e. The Balaban J connectivity index is 1.85. The van der Waals surface area contributed by atoms with Gasteiger partial charge in [-0.2, -0.15) is 0 Å². The highest BCUT2D eigenvalue weighted by Gasteiger charge is 2.04. The van der Waals surface area contributed by atoms with Crippen LogP contribution in [0.4, 0.5) is 0 Å². The van der Waals surface area contributed by atoms with E-state index in [1.54, 1.807) is 18.4 Å². The quantitative estimate of drug-likeness (QED) is 0.827. The average molecular weight is 268 g/mol. The number of hydrogen-bond acceptors (Lipinski definition) is 3. The average Bonchev–Trinajstić information content (AvgIpc) is 2.99. The van der Waals surface area contributed by atoms with Crippen LogP contribution in [0.1, 0.15) is 21.7 Å². The van der Waals surface area contributed by atoms with Gasteiger partial charge in [-0.05, 0) is 36.4 Å². The zero-order valence-corrected chi connectivity index (χ0v) is 11.1. The van der Waals surface area contributed by atoms with E-state index >= 15 is 0 Å². The molecule has 0 bridgehead atoms. The van der Waals surface area contributed by atoms with Crippen molar-refractivity contribution in [3.05, 3.63) is 59.5 Å². The molecule has 1 aromatic carbocycles. The summed E-state index contributed by atoms with van der Waals surface area (Å²) in [6, 6.07) is 10.8. The molecule has 0 atom stereocenters. The predicted molar refractivity (Wildman–Crippen MR) is 77.1 cm³/mol. The van der Waals surface area contributed by atoms with Crippen LogP contribution in [-0.2, 0) is 6.42 Å². The molecular weight excluding hydrogens is 252 g/mol. The molecule has 0 saturated heterocycles. The molecule has 102 valence electrons. The molecule has 0 spiro atoms. The van der Waals surface area contributed by atoms with Gasteiger partial charge in [-0.1, -0.05) is 11.8 Å². The fourth-order valence-electron chi connectivity index (χ4n) is 1.71. The summed E-state index contributed by atoms with van der Waals surface area (Å²) in [5, 5.41) is 2.84. The molecule has 1 aromatic heterocycles. The summed E-state index contributed by atoms with van der Waals surface area (Å²) in [5.74, 6) is 6.44. The van der Waals surface area contributed by atoms with Crippen LogP contribution in [0.2, 0.25) is 0 Å². The predicted octanol–water partition coefficient (Wildman–Crippen LogP) is 1.56. The maximum Gasteiger partial charge on any atom is 0.251 e. The lowest BCUT2D eigenvalue weighted by molar-refractivity contribution is 0.0953. The number of furan rings is 1. The number of carbonyl (C=O) groups is 1. The number of hydrogen-bond donors (Lipinski definition) is 2. The van der Waals surface area contributed by atoms with E-state index in [1.807, 2.05) is 24.3 Å². The van der Waals surface area contributed by atoms with Crippen LogP contribution >= 0.6 is 0 Å². The third-order valence-electron chi connectivity index (χ3n) is 2.72. The highest BCUT2D eigenvalue weighted by atomic mass is 16.3. The van der Waals surface area contributed by atoms with Crippen LogP contribution in [0.5, 0.6) is 0 Å². The lowest BCUT2D eigenvalue weighted by Crippen LogP contribution is -2.25. The van der Waals surface area contributed by atoms with Crippen molar-refractivity contribution in [2.24, 2.45) is 5.73 Å². The second kappa shape index (κ2) is 7.17. The Labute approximate surface area is 118 Å². The summed E-state index contributed by atoms with van der Waals surface area (Å²) in [5.41, 5.74) is 6.77. The van der Waals surface area contributed by atoms with Gasteiger partial charge in [-0.15, -0.1) is 0 Å². The molecule has 0 radical (unpaired) electrons. The summed E-state index contributed by atoms with van der Waals surface area (Å²) in [4.78, 5) is 11.9. The van der Waals surface area contributed by atoms with Crippen LogP contribution in [0, 0.1) is 11.8 Å². The topological polar surface area (TPSA) is 68.3 Å². The summed E-state index contributed by atoms with van der Waals surface area (Å²) in [6.45, 7) is 0.871. The van der Waals surface area contributed by atoms with E-state index in [9.17, 15) is 4.79 Å². The molecule has 4 nitrogen and oxygen atoms in total. The SMILES string of the molecule is NCC#Cc1ccc(C(=O)NCCc2ccco2)cc1. The minimum absolute atomic E-state index is 0.102. The molecule has 0 unspecified atom stereocenters. The Morgan fingerprint density at radius 2 is 2.05 bits per heavy atom. The van der Waals surface area contributed by atoms with Crippen LogP contribution < -0.4 is 11.1 Å². The Bertz CT molecular complexity index is 604. The van der Waals surface area contributed by atoms with Gasteiger partial charge >= 0.3 is 0 Å². The normalized spacial score (nSPS) is 9.65. The highest BCUT2D eigenvalue weighted by Crippen LogP contribution is 2.04. The van der Waals surface area contributed by atoms with Gasteiger partial charge in [0, 0.05) is 24.1 Å². The monoisotopic (exact) mass is 268 g/mol. The zero-order valence-electron chi connectivity index (χ0n) is 11.1. The van der Waals surface area contributed by atoms with Crippen LogP contribution in [0.25, 0.3) is 0 Å². The van der Waals surface area contributed by atoms with Crippen molar-refractivity contribution in [1.29, 1.82) is 0 Å². The standard InChI is InChI=1S/C16H16N2O2/c17-10-1-3-13-5-7-14(8-6-13)16(19)18-11-9-15-4-2-12-20-15/h2,4-8,12H,9-11,17H2,(H,18,19). The highest BCUT2D eigenvalue weighted by molar-refractivity contribution is 5.94. The number of nitrogens with two attached hydrogens (primary N) is 1. The van der Waals surface area contributed by atoms with Gasteiger partial charge in [0.2, 0.25) is 0 Å². The van der Waals surface area contributed by atoms with Crippen molar-refractivity contribution < 1.29 is 9.21 Å². The molecular formula is C16H16N2O2. The lowest BCUT2D eigenvalue weighted by atomic mass is 10.1. The number of benzene rings is 1. The first-order chi connectivity index (χ1) is 9.79. The van der Waals surface area contributed by atoms with Gasteiger partial charge in [0.25, 0.3) is 5.91 Å². The molecule has 1 heterocycles. The molecule has 3 N–H and O–H groups in total. The maximum absolute atomic E-state index is 11.9. The summed E-state index contributed by atoms with van der Waals surface area (Å²) in [6.07, 6.45) is 2.30. The Morgan fingerprint density at radius 1 is 1.25 bits per heavy atom. The van der Waals surface area contributed by atoms with Crippen LogP contribution in [-0.4, -0.2) is 19.0 Å². The second-order valence-electron chi connectivity index (χ2n) is 4.17. The first kappa shape index (κ1) is 13.9. The molecule has 0 saturated carbocycles. The Morgan fingerprint density at radius 3 is 2.70 bits per heavy atom. The van der Waals surface area contributed by atoms with Crippen LogP contribution in [0.15, 0.2) is 47.1 Å². The van der Waals surface area contributed by atoms with Crippen molar-refractivity contribution in [3.8, 4) is 11.8 Å². The van der Waals surface area contributed by atoms with Crippen LogP contribution in [0.3, 0.4) is 0 Å². The van der Waals surface area contributed by atoms with Crippen molar-refractivity contribution in [1.82, 2.24) is 5.32 Å². The van der Waals surface area contributed by atoms with E-state index in [-0.39, 0.29) is 5.91 Å². The third kappa shape index (κ3) is 4.01. The van der Waals surface area contributed by atoms with E-state index in [1.165, 1.54) is 0 Å². The van der Waals surface area contributed by atoms with E-state index in [4.69, 9.17) is 10.2 Å². The van der Waals surface area contributed by atoms with E-state index < -0.39 is 0 Å². The van der Waals surface area contributed by atoms with Gasteiger partial charge in [-0.25, -0.2) is 0 Å². The third-order valence-corrected chi connectivity index (χ3v) is 2.72. The largest absolute Gasteiger partial charge is 0.469 e. The number of nitrogens with one attached hydrogen (secondary N) is 1. The second-order valence-corrected chi connectivity index (χ2v) is 4.17. The lowest BCUT2D eigenvalue weighted by Gasteiger charge is -2.04. The first-order valence-corrected chi connectivity index (χ1v) is 6.39. The minimum atomic E-state index is -0.102. The number of rotatable bonds is 4. The number of carbonyl (C=O) groups excluding carboxylic acids is 1. The van der Waals surface area contributed by atoms with E-state index in [0.29, 0.717) is 25.1 Å². The molecule has 0 aliphatic heterocycles. The Hall–Kier alpha value is -2.51. The maximum atomic E-state index is 11.9. The van der Waals surface area contributed by atoms with Crippen molar-refractivity contribution in [2.75, 3.05) is 13.1 Å². The fourth-order valence-corrected chi connectivity index (χ4v) is 1.71. The molecule has 0 aliphatic rings. The molecule has 0 fully saturated rings. The van der Waals surface area contributed by atoms with Gasteiger partial charge < -0.3 is 15.5 Å². The molecule has 4 heteroatoms. The summed E-state index contributed by atoms with van der Waals surface area (Å²) in [7, 11) is 0. The van der Waals surface area contributed by atoms with Gasteiger partial charge in [0.15, 0.2) is 0 Å². The van der Waals surface area contributed by atoms with Crippen molar-refractivity contribution in [2.45, 2.75) is 6.42 Å². The molecule has 2 aromatic rings. The molecule has 20 heavy (non-hydrogen) atoms. The summed E-state index contributed by atoms with van der Waals surface area (Å²) >= 11 is 0. The van der Waals surface area contributed by atoms with Gasteiger partial charge in [0.1, 0.15) is 5.76 Å². The Kier molecular flexibility index (Phi) is 4.99. The van der Waals surface area contributed by atoms with E-state index in [0.717, 1.165) is 11.3 Å². The van der Waals surface area contributed by atoms with Gasteiger partial charge in [0.05, 0.1) is 12.8 Å². The minimum Gasteiger partial charge on any atom is -0.469 e. The molecule has 0 aliphatic carbocycles. The van der Waals surface area contributed by atoms with Crippen molar-refractivity contribution in [3.63, 3.8) is 0 Å². The summed E-state index contributed by atoms with van der Waals surface area (Å²) < 4.78 is 5.20. The van der Waals surface area contributed by atoms with Crippen molar-refractivity contribution >= 4 is 5.91 Å². The van der Waals surface area contributed by atoms with E-state index in [2.05, 4.69) is 17.2 Å². The van der Waals surface area contributed by atoms with Gasteiger partial charge in [-0.3, -0.25) is 4.79 Å². The fraction of sp³-hybridized carbons (Fsp3) is 0.188. The first-order valence-electron chi connectivity index (χ1n) is 6.39. The number of amides is 1. The molecule has 2 rings (SSSR count). The zero-order chi connectivity index (χ0) is 14.2. The molecule has 1 amide bonds.